The van der Waals surface area contributed by atoms with Gasteiger partial charge in [0.2, 0.25) is 0 Å². The molecular weight excluding hydrogens is 516 g/mol. The Morgan fingerprint density at radius 2 is 1.54 bits per heavy atom. The Kier molecular flexibility index (Phi) is 10.7. The topological polar surface area (TPSA) is 78.0 Å². The summed E-state index contributed by atoms with van der Waals surface area (Å²) in [6.07, 6.45) is 11.1. The first-order chi connectivity index (χ1) is 18.5. The van der Waals surface area contributed by atoms with E-state index in [0.717, 1.165) is 31.2 Å². The van der Waals surface area contributed by atoms with Crippen LogP contribution in [0.1, 0.15) is 36.8 Å². The van der Waals surface area contributed by atoms with Crippen LogP contribution in [-0.4, -0.2) is 44.2 Å². The van der Waals surface area contributed by atoms with Crippen molar-refractivity contribution in [3.63, 3.8) is 0 Å². The van der Waals surface area contributed by atoms with E-state index in [-0.39, 0.29) is 35.6 Å². The van der Waals surface area contributed by atoms with Crippen molar-refractivity contribution in [1.29, 1.82) is 0 Å². The Labute approximate surface area is 235 Å². The Morgan fingerprint density at radius 1 is 0.872 bits per heavy atom. The molecule has 1 aliphatic rings. The van der Waals surface area contributed by atoms with Crippen LogP contribution in [0.5, 0.6) is 11.5 Å². The number of halogens is 1. The number of carbonyl (C=O) groups is 2. The van der Waals surface area contributed by atoms with Gasteiger partial charge in [-0.05, 0) is 73.2 Å². The van der Waals surface area contributed by atoms with Gasteiger partial charge in [-0.25, -0.2) is 4.79 Å². The maximum Gasteiger partial charge on any atom is 0.338 e. The normalized spacial score (nSPS) is 13.8. The van der Waals surface area contributed by atoms with Crippen molar-refractivity contribution in [3.8, 4) is 11.5 Å². The Morgan fingerprint density at radius 3 is 2.18 bits per heavy atom. The highest BCUT2D eigenvalue weighted by Crippen LogP contribution is 2.33. The zero-order valence-electron chi connectivity index (χ0n) is 22.3. The Balaban J connectivity index is 0.00000420. The summed E-state index contributed by atoms with van der Waals surface area (Å²) in [4.78, 5) is 32.4. The van der Waals surface area contributed by atoms with Crippen molar-refractivity contribution in [2.24, 2.45) is 0 Å². The summed E-state index contributed by atoms with van der Waals surface area (Å²) in [7, 11) is 4.54. The monoisotopic (exact) mass is 548 g/mol. The number of hydrogen-bond acceptors (Lipinski definition) is 6. The lowest BCUT2D eigenvalue weighted by molar-refractivity contribution is -0.136. The lowest BCUT2D eigenvalue weighted by Gasteiger charge is -2.20. The van der Waals surface area contributed by atoms with Gasteiger partial charge in [0.15, 0.2) is 11.5 Å². The van der Waals surface area contributed by atoms with Crippen LogP contribution >= 0.6 is 12.4 Å². The van der Waals surface area contributed by atoms with Gasteiger partial charge in [-0.15, -0.1) is 12.4 Å². The standard InChI is InChI=1S/C31H32N2O5.ClH/c1-33(24-15-17-32-18-16-24)30(34)26(19-22-9-5-4-6-10-22)27(31(35)37-3)20-23-13-14-28(29(21-23)36-2)38-25-11-7-8-12-25;/h4-6,9-10,13-21,25H,7-8,11-12H2,1-3H3;1H. The van der Waals surface area contributed by atoms with Crippen molar-refractivity contribution >= 4 is 42.1 Å². The highest BCUT2D eigenvalue weighted by molar-refractivity contribution is 6.19. The fourth-order valence-corrected chi connectivity index (χ4v) is 4.42. The molecule has 2 aromatic carbocycles. The number of likely N-dealkylation sites (N-methyl/N-ethyl adjacent to an activating group) is 1. The molecule has 0 aliphatic heterocycles. The summed E-state index contributed by atoms with van der Waals surface area (Å²) in [6.45, 7) is 0. The number of carbonyl (C=O) groups excluding carboxylic acids is 2. The summed E-state index contributed by atoms with van der Waals surface area (Å²) in [5.41, 5.74) is 2.38. The summed E-state index contributed by atoms with van der Waals surface area (Å²) in [5, 5.41) is 0. The first-order valence-corrected chi connectivity index (χ1v) is 12.6. The molecule has 7 nitrogen and oxygen atoms in total. The maximum absolute atomic E-state index is 13.8. The predicted molar refractivity (Wildman–Crippen MR) is 155 cm³/mol. The summed E-state index contributed by atoms with van der Waals surface area (Å²) in [6, 6.07) is 18.3. The Hall–Kier alpha value is -4.10. The molecule has 3 aromatic rings. The number of ether oxygens (including phenoxy) is 3. The molecule has 1 aliphatic carbocycles. The second kappa shape index (κ2) is 14.2. The van der Waals surface area contributed by atoms with Crippen LogP contribution in [0.3, 0.4) is 0 Å². The number of rotatable bonds is 9. The Bertz CT molecular complexity index is 1320. The molecule has 0 radical (unpaired) electrons. The van der Waals surface area contributed by atoms with Crippen molar-refractivity contribution in [2.75, 3.05) is 26.2 Å². The van der Waals surface area contributed by atoms with Crippen LogP contribution in [0.4, 0.5) is 5.69 Å². The molecule has 204 valence electrons. The predicted octanol–water partition coefficient (Wildman–Crippen LogP) is 6.14. The lowest BCUT2D eigenvalue weighted by Crippen LogP contribution is -2.30. The molecule has 1 aromatic heterocycles. The molecule has 0 unspecified atom stereocenters. The van der Waals surface area contributed by atoms with Gasteiger partial charge in [0.1, 0.15) is 0 Å². The number of benzene rings is 2. The molecule has 0 bridgehead atoms. The summed E-state index contributed by atoms with van der Waals surface area (Å²) < 4.78 is 16.9. The summed E-state index contributed by atoms with van der Waals surface area (Å²) >= 11 is 0. The van der Waals surface area contributed by atoms with Crippen LogP contribution in [0.25, 0.3) is 12.2 Å². The first kappa shape index (κ1) is 29.5. The van der Waals surface area contributed by atoms with Gasteiger partial charge in [-0.1, -0.05) is 36.4 Å². The highest BCUT2D eigenvalue weighted by Gasteiger charge is 2.26. The van der Waals surface area contributed by atoms with Crippen LogP contribution in [0.2, 0.25) is 0 Å². The minimum atomic E-state index is -0.631. The van der Waals surface area contributed by atoms with Crippen LogP contribution < -0.4 is 14.4 Å². The lowest BCUT2D eigenvalue weighted by atomic mass is 9.98. The molecule has 1 heterocycles. The van der Waals surface area contributed by atoms with E-state index in [1.165, 1.54) is 12.0 Å². The van der Waals surface area contributed by atoms with Gasteiger partial charge in [0.25, 0.3) is 5.91 Å². The average Bonchev–Trinajstić information content (AvgIpc) is 3.48. The van der Waals surface area contributed by atoms with E-state index < -0.39 is 5.97 Å². The third kappa shape index (κ3) is 7.48. The van der Waals surface area contributed by atoms with Crippen LogP contribution in [0, 0.1) is 0 Å². The molecule has 8 heteroatoms. The second-order valence-corrected chi connectivity index (χ2v) is 9.02. The number of methoxy groups -OCH3 is 2. The third-order valence-electron chi connectivity index (χ3n) is 6.49. The molecule has 0 N–H and O–H groups in total. The molecule has 1 amide bonds. The molecule has 0 spiro atoms. The number of amides is 1. The van der Waals surface area contributed by atoms with Crippen molar-refractivity contribution < 1.29 is 23.8 Å². The van der Waals surface area contributed by atoms with E-state index in [2.05, 4.69) is 4.98 Å². The number of anilines is 1. The number of pyridine rings is 1. The molecule has 0 saturated heterocycles. The van der Waals surface area contributed by atoms with Crippen molar-refractivity contribution in [3.05, 3.63) is 95.3 Å². The van der Waals surface area contributed by atoms with Crippen molar-refractivity contribution in [2.45, 2.75) is 31.8 Å². The van der Waals surface area contributed by atoms with E-state index in [1.54, 1.807) is 56.9 Å². The fourth-order valence-electron chi connectivity index (χ4n) is 4.42. The number of nitrogens with zero attached hydrogens (tertiary/aromatic N) is 2. The van der Waals surface area contributed by atoms with E-state index in [0.29, 0.717) is 22.7 Å². The molecular formula is C31H33ClN2O5. The molecule has 1 fully saturated rings. The summed E-state index contributed by atoms with van der Waals surface area (Å²) in [5.74, 6) is 0.215. The number of esters is 1. The minimum Gasteiger partial charge on any atom is -0.493 e. The molecule has 4 rings (SSSR count). The van der Waals surface area contributed by atoms with Gasteiger partial charge >= 0.3 is 5.97 Å². The van der Waals surface area contributed by atoms with Gasteiger partial charge in [0, 0.05) is 25.1 Å². The minimum absolute atomic E-state index is 0. The number of aromatic nitrogens is 1. The zero-order valence-corrected chi connectivity index (χ0v) is 23.1. The third-order valence-corrected chi connectivity index (χ3v) is 6.49. The number of hydrogen-bond donors (Lipinski definition) is 0. The zero-order chi connectivity index (χ0) is 26.9. The van der Waals surface area contributed by atoms with E-state index in [4.69, 9.17) is 14.2 Å². The first-order valence-electron chi connectivity index (χ1n) is 12.6. The fraction of sp³-hybridized carbons (Fsp3) is 0.258. The average molecular weight is 549 g/mol. The highest BCUT2D eigenvalue weighted by atomic mass is 35.5. The van der Waals surface area contributed by atoms with Gasteiger partial charge < -0.3 is 19.1 Å². The second-order valence-electron chi connectivity index (χ2n) is 9.02. The van der Waals surface area contributed by atoms with E-state index in [9.17, 15) is 9.59 Å². The SMILES string of the molecule is COC(=O)C(=Cc1ccc(OC2CCCC2)c(OC)c1)C(=Cc1ccccc1)C(=O)N(C)c1ccncc1.Cl. The molecule has 1 saturated carbocycles. The molecule has 0 atom stereocenters. The van der Waals surface area contributed by atoms with Gasteiger partial charge in [0.05, 0.1) is 31.5 Å². The van der Waals surface area contributed by atoms with E-state index >= 15 is 0 Å². The van der Waals surface area contributed by atoms with Crippen molar-refractivity contribution in [1.82, 2.24) is 4.98 Å². The maximum atomic E-state index is 13.8. The quantitative estimate of drug-likeness (QED) is 0.182. The van der Waals surface area contributed by atoms with Crippen LogP contribution in [-0.2, 0) is 14.3 Å². The molecule has 39 heavy (non-hydrogen) atoms. The van der Waals surface area contributed by atoms with E-state index in [1.807, 2.05) is 42.5 Å². The van der Waals surface area contributed by atoms with Gasteiger partial charge in [-0.3, -0.25) is 9.78 Å². The largest absolute Gasteiger partial charge is 0.493 e. The van der Waals surface area contributed by atoms with Gasteiger partial charge in [-0.2, -0.15) is 0 Å². The smallest absolute Gasteiger partial charge is 0.338 e. The van der Waals surface area contributed by atoms with Crippen LogP contribution in [0.15, 0.2) is 84.2 Å².